The molecule has 0 bridgehead atoms. The molecule has 1 aliphatic rings. The van der Waals surface area contributed by atoms with E-state index in [4.69, 9.17) is 11.5 Å². The smallest absolute Gasteiger partial charge is 0.326 e. The molecule has 7 amide bonds. The number of carbonyl (C=O) groups excluding carboxylic acids is 7. The van der Waals surface area contributed by atoms with E-state index in [0.29, 0.717) is 18.4 Å². The molecule has 24 nitrogen and oxygen atoms in total. The minimum atomic E-state index is -1.99. The van der Waals surface area contributed by atoms with Crippen LogP contribution < -0.4 is 43.4 Å². The molecule has 0 radical (unpaired) electrons. The van der Waals surface area contributed by atoms with Crippen LogP contribution in [0.25, 0.3) is 0 Å². The molecule has 1 aromatic carbocycles. The van der Waals surface area contributed by atoms with Crippen molar-refractivity contribution in [3.05, 3.63) is 35.9 Å². The van der Waals surface area contributed by atoms with Gasteiger partial charge in [0.1, 0.15) is 42.3 Å². The molecule has 0 spiro atoms. The Morgan fingerprint density at radius 1 is 0.609 bits per heavy atom. The Hall–Kier alpha value is -6.69. The molecule has 0 saturated carbocycles. The van der Waals surface area contributed by atoms with Crippen molar-refractivity contribution in [2.24, 2.45) is 23.3 Å². The van der Waals surface area contributed by atoms with Gasteiger partial charge in [0.15, 0.2) is 0 Å². The molecule has 8 atom stereocenters. The SMILES string of the molecule is CC(C)CC(N)C(=O)NC(CCC(=O)O)C(=O)NC(CC(=O)O)C(=O)NC(CC(=O)O)C(=O)N1CCCC1C(=O)NC(CCCCN)C(=O)NC(Cc1ccccc1)C(=O)NC(CC(C)C)C(=O)O. The molecule has 1 fully saturated rings. The molecular weight excluding hydrogens is 907 g/mol. The Morgan fingerprint density at radius 2 is 1.12 bits per heavy atom. The number of carboxylic acids is 4. The van der Waals surface area contributed by atoms with E-state index in [1.54, 1.807) is 58.0 Å². The van der Waals surface area contributed by atoms with Gasteiger partial charge in [-0.3, -0.25) is 47.9 Å². The number of carboxylic acid groups (broad SMARTS) is 4. The first-order chi connectivity index (χ1) is 32.4. The zero-order chi connectivity index (χ0) is 52.0. The highest BCUT2D eigenvalue weighted by Gasteiger charge is 2.41. The van der Waals surface area contributed by atoms with Crippen LogP contribution in [-0.2, 0) is 59.2 Å². The maximum absolute atomic E-state index is 14.1. The van der Waals surface area contributed by atoms with E-state index in [0.717, 1.165) is 4.90 Å². The number of rotatable bonds is 31. The number of benzene rings is 1. The minimum absolute atomic E-state index is 0.0141. The van der Waals surface area contributed by atoms with Gasteiger partial charge in [-0.15, -0.1) is 0 Å². The standard InChI is InChI=1S/C45H69N9O15/c1-24(2)19-27(47)38(61)48-29(15-16-35(55)56)40(63)51-31(22-36(57)58)42(65)52-32(23-37(59)60)44(67)54-18-10-14-34(54)43(66)49-28(13-8-9-17-46)39(62)50-30(21-26-11-6-5-7-12-26)41(64)53-33(45(68)69)20-25(3)4/h5-7,11-12,24-25,27-34H,8-10,13-23,46-47H2,1-4H3,(H,48,61)(H,49,66)(H,50,62)(H,51,63)(H,52,65)(H,53,64)(H,55,56)(H,57,58)(H,59,60)(H,68,69). The summed E-state index contributed by atoms with van der Waals surface area (Å²) in [5.74, 6) is -12.8. The number of nitrogens with zero attached hydrogens (tertiary/aromatic N) is 1. The molecule has 2 rings (SSSR count). The molecule has 1 aromatic rings. The summed E-state index contributed by atoms with van der Waals surface area (Å²) in [6.45, 7) is 7.25. The zero-order valence-corrected chi connectivity index (χ0v) is 39.4. The lowest BCUT2D eigenvalue weighted by Gasteiger charge is -2.30. The highest BCUT2D eigenvalue weighted by atomic mass is 16.4. The maximum atomic E-state index is 14.1. The molecule has 0 aromatic heterocycles. The van der Waals surface area contributed by atoms with Crippen molar-refractivity contribution in [3.63, 3.8) is 0 Å². The van der Waals surface area contributed by atoms with Gasteiger partial charge >= 0.3 is 23.9 Å². The first kappa shape index (κ1) is 58.4. The Labute approximate surface area is 399 Å². The minimum Gasteiger partial charge on any atom is -0.481 e. The second kappa shape index (κ2) is 29.3. The fourth-order valence-corrected chi connectivity index (χ4v) is 7.56. The third kappa shape index (κ3) is 21.0. The maximum Gasteiger partial charge on any atom is 0.326 e. The van der Waals surface area contributed by atoms with Gasteiger partial charge in [-0.1, -0.05) is 58.0 Å². The highest BCUT2D eigenvalue weighted by molar-refractivity contribution is 5.99. The van der Waals surface area contributed by atoms with Crippen LogP contribution in [0.15, 0.2) is 30.3 Å². The summed E-state index contributed by atoms with van der Waals surface area (Å²) in [6, 6.07) is -3.25. The van der Waals surface area contributed by atoms with E-state index in [1.807, 2.05) is 0 Å². The molecule has 69 heavy (non-hydrogen) atoms. The third-order valence-corrected chi connectivity index (χ3v) is 11.0. The summed E-state index contributed by atoms with van der Waals surface area (Å²) in [5.41, 5.74) is 12.3. The molecule has 8 unspecified atom stereocenters. The molecule has 1 saturated heterocycles. The van der Waals surface area contributed by atoms with Crippen LogP contribution >= 0.6 is 0 Å². The summed E-state index contributed by atoms with van der Waals surface area (Å²) >= 11 is 0. The van der Waals surface area contributed by atoms with Gasteiger partial charge in [0.2, 0.25) is 41.4 Å². The summed E-state index contributed by atoms with van der Waals surface area (Å²) in [7, 11) is 0. The van der Waals surface area contributed by atoms with Crippen LogP contribution in [0.1, 0.15) is 104 Å². The third-order valence-electron chi connectivity index (χ3n) is 11.0. The topological polar surface area (TPSA) is 396 Å². The van der Waals surface area contributed by atoms with Crippen LogP contribution in [0, 0.1) is 11.8 Å². The predicted octanol–water partition coefficient (Wildman–Crippen LogP) is -1.42. The number of amides is 7. The van der Waals surface area contributed by atoms with E-state index in [-0.39, 0.29) is 63.5 Å². The van der Waals surface area contributed by atoms with E-state index in [9.17, 15) is 73.2 Å². The highest BCUT2D eigenvalue weighted by Crippen LogP contribution is 2.21. The van der Waals surface area contributed by atoms with Crippen LogP contribution in [0.5, 0.6) is 0 Å². The van der Waals surface area contributed by atoms with Crippen LogP contribution in [-0.4, -0.2) is 152 Å². The second-order valence-corrected chi connectivity index (χ2v) is 17.9. The van der Waals surface area contributed by atoms with Crippen molar-refractivity contribution in [3.8, 4) is 0 Å². The first-order valence-electron chi connectivity index (χ1n) is 22.9. The average Bonchev–Trinajstić information content (AvgIpc) is 3.76. The van der Waals surface area contributed by atoms with Crippen LogP contribution in [0.4, 0.5) is 0 Å². The van der Waals surface area contributed by atoms with Crippen molar-refractivity contribution in [2.45, 2.75) is 153 Å². The fraction of sp³-hybridized carbons (Fsp3) is 0.622. The molecule has 24 heteroatoms. The number of likely N-dealkylation sites (tertiary alicyclic amines) is 1. The first-order valence-corrected chi connectivity index (χ1v) is 22.9. The molecule has 1 heterocycles. The molecule has 14 N–H and O–H groups in total. The van der Waals surface area contributed by atoms with Gasteiger partial charge in [-0.2, -0.15) is 0 Å². The van der Waals surface area contributed by atoms with Crippen LogP contribution in [0.3, 0.4) is 0 Å². The molecule has 0 aliphatic carbocycles. The zero-order valence-electron chi connectivity index (χ0n) is 39.4. The predicted molar refractivity (Wildman–Crippen MR) is 245 cm³/mol. The largest absolute Gasteiger partial charge is 0.481 e. The Balaban J connectivity index is 2.39. The number of hydrogen-bond donors (Lipinski definition) is 12. The van der Waals surface area contributed by atoms with E-state index < -0.39 is 139 Å². The number of hydrogen-bond acceptors (Lipinski definition) is 13. The van der Waals surface area contributed by atoms with E-state index >= 15 is 0 Å². The lowest BCUT2D eigenvalue weighted by Crippen LogP contribution is -2.60. The summed E-state index contributed by atoms with van der Waals surface area (Å²) in [4.78, 5) is 144. The van der Waals surface area contributed by atoms with Crippen molar-refractivity contribution < 1.29 is 73.2 Å². The summed E-state index contributed by atoms with van der Waals surface area (Å²) in [5, 5.41) is 52.9. The number of nitrogens with one attached hydrogen (secondary N) is 6. The quantitative estimate of drug-likeness (QED) is 0.0380. The van der Waals surface area contributed by atoms with E-state index in [1.165, 1.54) is 0 Å². The molecule has 1 aliphatic heterocycles. The lowest BCUT2D eigenvalue weighted by molar-refractivity contribution is -0.147. The van der Waals surface area contributed by atoms with Crippen molar-refractivity contribution in [1.29, 1.82) is 0 Å². The van der Waals surface area contributed by atoms with Gasteiger partial charge in [0, 0.05) is 19.4 Å². The number of nitrogens with two attached hydrogens (primary N) is 2. The Bertz CT molecular complexity index is 1970. The van der Waals surface area contributed by atoms with Gasteiger partial charge < -0.3 is 68.7 Å². The monoisotopic (exact) mass is 975 g/mol. The van der Waals surface area contributed by atoms with Crippen molar-refractivity contribution in [2.75, 3.05) is 13.1 Å². The van der Waals surface area contributed by atoms with Gasteiger partial charge in [-0.25, -0.2) is 4.79 Å². The molecule has 384 valence electrons. The average molecular weight is 976 g/mol. The molecular formula is C45H69N9O15. The Kier molecular flexibility index (Phi) is 24.8. The summed E-state index contributed by atoms with van der Waals surface area (Å²) < 4.78 is 0. The number of carbonyl (C=O) groups is 11. The fourth-order valence-electron chi connectivity index (χ4n) is 7.56. The Morgan fingerprint density at radius 3 is 1.67 bits per heavy atom. The van der Waals surface area contributed by atoms with Gasteiger partial charge in [-0.05, 0) is 75.3 Å². The van der Waals surface area contributed by atoms with Gasteiger partial charge in [0.05, 0.1) is 18.9 Å². The number of aliphatic carboxylic acids is 4. The normalized spacial score (nSPS) is 16.4. The van der Waals surface area contributed by atoms with Crippen molar-refractivity contribution >= 4 is 65.2 Å². The van der Waals surface area contributed by atoms with E-state index in [2.05, 4.69) is 31.9 Å². The van der Waals surface area contributed by atoms with Crippen molar-refractivity contribution in [1.82, 2.24) is 36.8 Å². The lowest BCUT2D eigenvalue weighted by atomic mass is 10.0. The summed E-state index contributed by atoms with van der Waals surface area (Å²) in [6.07, 6.45) is -2.05. The second-order valence-electron chi connectivity index (χ2n) is 17.9. The number of unbranched alkanes of at least 4 members (excludes halogenated alkanes) is 1. The van der Waals surface area contributed by atoms with Crippen LogP contribution in [0.2, 0.25) is 0 Å². The van der Waals surface area contributed by atoms with Gasteiger partial charge in [0.25, 0.3) is 0 Å².